The lowest BCUT2D eigenvalue weighted by Gasteiger charge is -2.15. The van der Waals surface area contributed by atoms with Crippen LogP contribution in [-0.2, 0) is 13.1 Å². The molecule has 0 aliphatic carbocycles. The standard InChI is InChI=1S/C20H22FN5/c1-3-25-12-15-8-10-22-20(18(15)13-25)23-14(2)19-9-11-26(24-19)17-6-4-16(21)5-7-17/h4-11,14H,3,12-13H2,1-2H3,(H,22,23)/t14-/m0/s1. The first kappa shape index (κ1) is 16.7. The molecule has 2 aromatic heterocycles. The first-order chi connectivity index (χ1) is 12.6. The highest BCUT2D eigenvalue weighted by atomic mass is 19.1. The second-order valence-corrected chi connectivity index (χ2v) is 6.63. The van der Waals surface area contributed by atoms with Crippen LogP contribution in [0.1, 0.15) is 36.7 Å². The van der Waals surface area contributed by atoms with Gasteiger partial charge in [-0.2, -0.15) is 5.10 Å². The highest BCUT2D eigenvalue weighted by Crippen LogP contribution is 2.29. The van der Waals surface area contributed by atoms with E-state index in [0.29, 0.717) is 0 Å². The number of fused-ring (bicyclic) bond motifs is 1. The summed E-state index contributed by atoms with van der Waals surface area (Å²) in [5.74, 6) is 0.684. The number of anilines is 1. The third-order valence-corrected chi connectivity index (χ3v) is 4.87. The van der Waals surface area contributed by atoms with Crippen LogP contribution in [0.25, 0.3) is 5.69 Å². The van der Waals surface area contributed by atoms with Gasteiger partial charge in [0, 0.05) is 31.0 Å². The Bertz CT molecular complexity index is 903. The molecule has 1 aromatic carbocycles. The summed E-state index contributed by atoms with van der Waals surface area (Å²) in [6.45, 7) is 7.20. The molecule has 5 nitrogen and oxygen atoms in total. The zero-order valence-corrected chi connectivity index (χ0v) is 15.0. The van der Waals surface area contributed by atoms with E-state index in [-0.39, 0.29) is 11.9 Å². The fourth-order valence-electron chi connectivity index (χ4n) is 3.31. The summed E-state index contributed by atoms with van der Waals surface area (Å²) in [7, 11) is 0. The maximum Gasteiger partial charge on any atom is 0.131 e. The molecule has 0 radical (unpaired) electrons. The molecule has 0 amide bonds. The van der Waals surface area contributed by atoms with Gasteiger partial charge in [-0.25, -0.2) is 14.1 Å². The van der Waals surface area contributed by atoms with Gasteiger partial charge in [-0.3, -0.25) is 4.90 Å². The minimum absolute atomic E-state index is 0.0198. The van der Waals surface area contributed by atoms with Crippen molar-refractivity contribution >= 4 is 5.82 Å². The van der Waals surface area contributed by atoms with Crippen molar-refractivity contribution in [2.24, 2.45) is 0 Å². The number of halogens is 1. The number of hydrogen-bond donors (Lipinski definition) is 1. The van der Waals surface area contributed by atoms with Crippen LogP contribution in [0.4, 0.5) is 10.2 Å². The van der Waals surface area contributed by atoms with Crippen LogP contribution in [0.5, 0.6) is 0 Å². The van der Waals surface area contributed by atoms with E-state index in [1.54, 1.807) is 16.8 Å². The molecule has 26 heavy (non-hydrogen) atoms. The normalized spacial score (nSPS) is 15.0. The van der Waals surface area contributed by atoms with E-state index in [4.69, 9.17) is 0 Å². The molecule has 0 saturated carbocycles. The molecule has 0 spiro atoms. The predicted molar refractivity (Wildman–Crippen MR) is 99.6 cm³/mol. The predicted octanol–water partition coefficient (Wildman–Crippen LogP) is 3.92. The van der Waals surface area contributed by atoms with E-state index < -0.39 is 0 Å². The number of pyridine rings is 1. The van der Waals surface area contributed by atoms with Crippen molar-refractivity contribution < 1.29 is 4.39 Å². The highest BCUT2D eigenvalue weighted by molar-refractivity contribution is 5.51. The van der Waals surface area contributed by atoms with Crippen molar-refractivity contribution in [2.75, 3.05) is 11.9 Å². The van der Waals surface area contributed by atoms with Gasteiger partial charge in [-0.15, -0.1) is 0 Å². The summed E-state index contributed by atoms with van der Waals surface area (Å²) >= 11 is 0. The van der Waals surface area contributed by atoms with E-state index >= 15 is 0 Å². The van der Waals surface area contributed by atoms with Gasteiger partial charge in [0.25, 0.3) is 0 Å². The number of nitrogens with zero attached hydrogens (tertiary/aromatic N) is 4. The summed E-state index contributed by atoms with van der Waals surface area (Å²) in [5, 5.41) is 8.13. The SMILES string of the molecule is CCN1Cc2ccnc(N[C@@H](C)c3ccn(-c4ccc(F)cc4)n3)c2C1. The van der Waals surface area contributed by atoms with Crippen LogP contribution < -0.4 is 5.32 Å². The van der Waals surface area contributed by atoms with Crippen LogP contribution in [0, 0.1) is 5.82 Å². The van der Waals surface area contributed by atoms with Crippen molar-refractivity contribution in [2.45, 2.75) is 33.0 Å². The average molecular weight is 351 g/mol. The van der Waals surface area contributed by atoms with E-state index in [1.807, 2.05) is 18.5 Å². The molecule has 1 atom stereocenters. The van der Waals surface area contributed by atoms with Crippen molar-refractivity contribution in [1.29, 1.82) is 0 Å². The van der Waals surface area contributed by atoms with Crippen LogP contribution in [-0.4, -0.2) is 26.2 Å². The van der Waals surface area contributed by atoms with Gasteiger partial charge in [0.15, 0.2) is 0 Å². The van der Waals surface area contributed by atoms with Crippen LogP contribution in [0.3, 0.4) is 0 Å². The van der Waals surface area contributed by atoms with Gasteiger partial charge in [0.05, 0.1) is 17.4 Å². The lowest BCUT2D eigenvalue weighted by molar-refractivity contribution is 0.301. The van der Waals surface area contributed by atoms with Gasteiger partial charge in [-0.1, -0.05) is 6.92 Å². The Balaban J connectivity index is 1.52. The van der Waals surface area contributed by atoms with Gasteiger partial charge in [0.1, 0.15) is 11.6 Å². The Morgan fingerprint density at radius 2 is 1.96 bits per heavy atom. The Labute approximate surface area is 152 Å². The number of nitrogens with one attached hydrogen (secondary N) is 1. The van der Waals surface area contributed by atoms with Crippen molar-refractivity contribution in [1.82, 2.24) is 19.7 Å². The lowest BCUT2D eigenvalue weighted by Crippen LogP contribution is -2.15. The van der Waals surface area contributed by atoms with Crippen molar-refractivity contribution in [3.05, 3.63) is 71.4 Å². The Morgan fingerprint density at radius 1 is 1.15 bits per heavy atom. The second kappa shape index (κ2) is 6.88. The zero-order valence-electron chi connectivity index (χ0n) is 15.0. The van der Waals surface area contributed by atoms with Crippen molar-refractivity contribution in [3.63, 3.8) is 0 Å². The van der Waals surface area contributed by atoms with E-state index in [2.05, 4.69) is 40.2 Å². The molecule has 1 N–H and O–H groups in total. The Morgan fingerprint density at radius 3 is 2.73 bits per heavy atom. The largest absolute Gasteiger partial charge is 0.362 e. The topological polar surface area (TPSA) is 46.0 Å². The molecule has 1 aliphatic heterocycles. The number of rotatable bonds is 5. The molecule has 4 rings (SSSR count). The fourth-order valence-corrected chi connectivity index (χ4v) is 3.31. The van der Waals surface area contributed by atoms with Gasteiger partial charge < -0.3 is 5.32 Å². The van der Waals surface area contributed by atoms with Crippen LogP contribution in [0.2, 0.25) is 0 Å². The number of hydrogen-bond acceptors (Lipinski definition) is 4. The molecule has 1 aliphatic rings. The van der Waals surface area contributed by atoms with E-state index in [0.717, 1.165) is 36.8 Å². The van der Waals surface area contributed by atoms with Crippen LogP contribution >= 0.6 is 0 Å². The molecule has 6 heteroatoms. The third kappa shape index (κ3) is 3.20. The minimum Gasteiger partial charge on any atom is -0.362 e. The molecule has 0 fully saturated rings. The zero-order chi connectivity index (χ0) is 18.1. The van der Waals surface area contributed by atoms with Gasteiger partial charge in [-0.05, 0) is 55.4 Å². The van der Waals surface area contributed by atoms with Crippen LogP contribution in [0.15, 0.2) is 48.8 Å². The maximum atomic E-state index is 13.1. The highest BCUT2D eigenvalue weighted by Gasteiger charge is 2.22. The summed E-state index contributed by atoms with van der Waals surface area (Å²) in [5.41, 5.74) is 4.37. The van der Waals surface area contributed by atoms with Crippen molar-refractivity contribution in [3.8, 4) is 5.69 Å². The first-order valence-electron chi connectivity index (χ1n) is 8.91. The fraction of sp³-hybridized carbons (Fsp3) is 0.300. The smallest absolute Gasteiger partial charge is 0.131 e. The maximum absolute atomic E-state index is 13.1. The van der Waals surface area contributed by atoms with Gasteiger partial charge in [0.2, 0.25) is 0 Å². The third-order valence-electron chi connectivity index (χ3n) is 4.87. The first-order valence-corrected chi connectivity index (χ1v) is 8.91. The van der Waals surface area contributed by atoms with E-state index in [1.165, 1.54) is 23.3 Å². The Kier molecular flexibility index (Phi) is 4.42. The molecular weight excluding hydrogens is 329 g/mol. The lowest BCUT2D eigenvalue weighted by atomic mass is 10.1. The molecule has 0 saturated heterocycles. The second-order valence-electron chi connectivity index (χ2n) is 6.63. The number of benzene rings is 1. The average Bonchev–Trinajstić information content (AvgIpc) is 3.30. The monoisotopic (exact) mass is 351 g/mol. The molecule has 0 unspecified atom stereocenters. The summed E-state index contributed by atoms with van der Waals surface area (Å²) < 4.78 is 14.8. The van der Waals surface area contributed by atoms with Gasteiger partial charge >= 0.3 is 0 Å². The Hall–Kier alpha value is -2.73. The molecule has 3 aromatic rings. The summed E-state index contributed by atoms with van der Waals surface area (Å²) in [6, 6.07) is 10.4. The molecular formula is C20H22FN5. The quantitative estimate of drug-likeness (QED) is 0.757. The molecule has 3 heterocycles. The molecule has 134 valence electrons. The summed E-state index contributed by atoms with van der Waals surface area (Å²) in [6.07, 6.45) is 3.76. The van der Waals surface area contributed by atoms with E-state index in [9.17, 15) is 4.39 Å². The molecule has 0 bridgehead atoms. The number of aromatic nitrogens is 3. The minimum atomic E-state index is -0.249. The summed E-state index contributed by atoms with van der Waals surface area (Å²) in [4.78, 5) is 6.94.